The zero-order valence-corrected chi connectivity index (χ0v) is 11.9. The fourth-order valence-electron chi connectivity index (χ4n) is 1.89. The number of nitrogens with zero attached hydrogens (tertiary/aromatic N) is 1. The molecule has 0 radical (unpaired) electrons. The molecule has 6 heteroatoms. The first-order valence-corrected chi connectivity index (χ1v) is 6.51. The molecule has 1 aliphatic rings. The van der Waals surface area contributed by atoms with Crippen LogP contribution >= 0.6 is 0 Å². The standard InChI is InChI=1S/C14H19N3O3/c1-14(2,3)20-13(19)16-17-9-8-10-6-4-5-7-11(10)15-12(17)18/h4-7H,8-9H2,1-3H3,(H,15,18)(H,16,19). The van der Waals surface area contributed by atoms with Crippen molar-refractivity contribution in [3.8, 4) is 0 Å². The molecule has 2 rings (SSSR count). The van der Waals surface area contributed by atoms with Crippen molar-refractivity contribution in [3.63, 3.8) is 0 Å². The second kappa shape index (κ2) is 5.40. The van der Waals surface area contributed by atoms with E-state index in [0.29, 0.717) is 13.0 Å². The molecule has 0 saturated carbocycles. The summed E-state index contributed by atoms with van der Waals surface area (Å²) in [6.07, 6.45) is 0.0173. The molecule has 1 aromatic carbocycles. The van der Waals surface area contributed by atoms with Crippen molar-refractivity contribution < 1.29 is 14.3 Å². The van der Waals surface area contributed by atoms with E-state index in [2.05, 4.69) is 10.7 Å². The van der Waals surface area contributed by atoms with Gasteiger partial charge in [0.25, 0.3) is 0 Å². The van der Waals surface area contributed by atoms with E-state index < -0.39 is 11.7 Å². The SMILES string of the molecule is CC(C)(C)OC(=O)NN1CCc2ccccc2NC1=O. The van der Waals surface area contributed by atoms with Crippen LogP contribution in [-0.2, 0) is 11.2 Å². The van der Waals surface area contributed by atoms with E-state index in [0.717, 1.165) is 11.3 Å². The van der Waals surface area contributed by atoms with Crippen LogP contribution < -0.4 is 10.7 Å². The fraction of sp³-hybridized carbons (Fsp3) is 0.429. The van der Waals surface area contributed by atoms with Gasteiger partial charge in [-0.05, 0) is 38.8 Å². The molecular weight excluding hydrogens is 258 g/mol. The molecule has 0 saturated heterocycles. The van der Waals surface area contributed by atoms with Gasteiger partial charge in [-0.1, -0.05) is 18.2 Å². The maximum absolute atomic E-state index is 12.0. The first kappa shape index (κ1) is 14.2. The summed E-state index contributed by atoms with van der Waals surface area (Å²) in [5, 5.41) is 3.99. The number of carbonyl (C=O) groups is 2. The molecule has 1 heterocycles. The molecule has 0 spiro atoms. The Morgan fingerprint density at radius 3 is 2.75 bits per heavy atom. The van der Waals surface area contributed by atoms with Gasteiger partial charge in [0.2, 0.25) is 0 Å². The van der Waals surface area contributed by atoms with E-state index in [-0.39, 0.29) is 6.03 Å². The first-order valence-electron chi connectivity index (χ1n) is 6.51. The molecule has 0 unspecified atom stereocenters. The summed E-state index contributed by atoms with van der Waals surface area (Å²) in [6.45, 7) is 5.70. The highest BCUT2D eigenvalue weighted by molar-refractivity contribution is 5.91. The Kier molecular flexibility index (Phi) is 3.83. The lowest BCUT2D eigenvalue weighted by Crippen LogP contribution is -2.49. The number of rotatable bonds is 1. The van der Waals surface area contributed by atoms with Crippen molar-refractivity contribution in [2.45, 2.75) is 32.8 Å². The Labute approximate surface area is 118 Å². The van der Waals surface area contributed by atoms with Crippen molar-refractivity contribution in [1.82, 2.24) is 10.4 Å². The van der Waals surface area contributed by atoms with Crippen LogP contribution in [0.1, 0.15) is 26.3 Å². The van der Waals surface area contributed by atoms with E-state index in [1.807, 2.05) is 24.3 Å². The Balaban J connectivity index is 2.02. The molecule has 3 amide bonds. The average molecular weight is 277 g/mol. The molecular formula is C14H19N3O3. The van der Waals surface area contributed by atoms with Gasteiger partial charge in [-0.3, -0.25) is 0 Å². The van der Waals surface area contributed by atoms with Gasteiger partial charge in [0.05, 0.1) is 0 Å². The summed E-state index contributed by atoms with van der Waals surface area (Å²) in [4.78, 5) is 23.7. The maximum atomic E-state index is 12.0. The summed E-state index contributed by atoms with van der Waals surface area (Å²) in [6, 6.07) is 7.19. The van der Waals surface area contributed by atoms with Crippen LogP contribution in [0.3, 0.4) is 0 Å². The lowest BCUT2D eigenvalue weighted by molar-refractivity contribution is 0.0389. The van der Waals surface area contributed by atoms with E-state index in [1.54, 1.807) is 20.8 Å². The van der Waals surface area contributed by atoms with Gasteiger partial charge >= 0.3 is 12.1 Å². The van der Waals surface area contributed by atoms with Crippen LogP contribution in [-0.4, -0.2) is 29.3 Å². The van der Waals surface area contributed by atoms with Crippen molar-refractivity contribution in [3.05, 3.63) is 29.8 Å². The Hall–Kier alpha value is -2.24. The van der Waals surface area contributed by atoms with Gasteiger partial charge in [0, 0.05) is 12.2 Å². The minimum absolute atomic E-state index is 0.374. The van der Waals surface area contributed by atoms with Crippen LogP contribution in [0.5, 0.6) is 0 Å². The van der Waals surface area contributed by atoms with Crippen LogP contribution in [0.4, 0.5) is 15.3 Å². The first-order chi connectivity index (χ1) is 9.35. The lowest BCUT2D eigenvalue weighted by Gasteiger charge is -2.24. The fourth-order valence-corrected chi connectivity index (χ4v) is 1.89. The zero-order chi connectivity index (χ0) is 14.8. The predicted octanol–water partition coefficient (Wildman–Crippen LogP) is 2.52. The third-order valence-corrected chi connectivity index (χ3v) is 2.73. The average Bonchev–Trinajstić information content (AvgIpc) is 2.47. The Morgan fingerprint density at radius 1 is 1.35 bits per heavy atom. The molecule has 0 fully saturated rings. The Morgan fingerprint density at radius 2 is 2.05 bits per heavy atom. The number of urea groups is 1. The van der Waals surface area contributed by atoms with Crippen molar-refractivity contribution in [1.29, 1.82) is 0 Å². The van der Waals surface area contributed by atoms with Gasteiger partial charge in [-0.25, -0.2) is 20.0 Å². The van der Waals surface area contributed by atoms with Gasteiger partial charge in [-0.15, -0.1) is 0 Å². The van der Waals surface area contributed by atoms with Gasteiger partial charge in [0.1, 0.15) is 5.60 Å². The summed E-state index contributed by atoms with van der Waals surface area (Å²) in [7, 11) is 0. The number of anilines is 1. The van der Waals surface area contributed by atoms with E-state index in [4.69, 9.17) is 4.74 Å². The van der Waals surface area contributed by atoms with Crippen LogP contribution in [0.25, 0.3) is 0 Å². The summed E-state index contributed by atoms with van der Waals surface area (Å²) in [5.74, 6) is 0. The highest BCUT2D eigenvalue weighted by Crippen LogP contribution is 2.19. The molecule has 6 nitrogen and oxygen atoms in total. The number of hydrogen-bond acceptors (Lipinski definition) is 3. The predicted molar refractivity (Wildman–Crippen MR) is 75.2 cm³/mol. The number of fused-ring (bicyclic) bond motifs is 1. The van der Waals surface area contributed by atoms with Gasteiger partial charge < -0.3 is 10.1 Å². The van der Waals surface area contributed by atoms with Crippen LogP contribution in [0, 0.1) is 0 Å². The number of nitrogens with one attached hydrogen (secondary N) is 2. The number of hydrogen-bond donors (Lipinski definition) is 2. The van der Waals surface area contributed by atoms with E-state index in [9.17, 15) is 9.59 Å². The molecule has 2 N–H and O–H groups in total. The third-order valence-electron chi connectivity index (χ3n) is 2.73. The molecule has 1 aliphatic heterocycles. The second-order valence-electron chi connectivity index (χ2n) is 5.60. The monoisotopic (exact) mass is 277 g/mol. The number of benzene rings is 1. The zero-order valence-electron chi connectivity index (χ0n) is 11.9. The highest BCUT2D eigenvalue weighted by Gasteiger charge is 2.24. The topological polar surface area (TPSA) is 70.7 Å². The van der Waals surface area contributed by atoms with Crippen molar-refractivity contribution in [2.24, 2.45) is 0 Å². The van der Waals surface area contributed by atoms with Crippen molar-refractivity contribution >= 4 is 17.8 Å². The lowest BCUT2D eigenvalue weighted by atomic mass is 10.1. The summed E-state index contributed by atoms with van der Waals surface area (Å²) >= 11 is 0. The molecule has 1 aromatic rings. The molecule has 108 valence electrons. The number of para-hydroxylation sites is 1. The number of hydrazine groups is 1. The van der Waals surface area contributed by atoms with Gasteiger partial charge in [0.15, 0.2) is 0 Å². The van der Waals surface area contributed by atoms with Crippen LogP contribution in [0.2, 0.25) is 0 Å². The van der Waals surface area contributed by atoms with E-state index >= 15 is 0 Å². The second-order valence-corrected chi connectivity index (χ2v) is 5.60. The quantitative estimate of drug-likeness (QED) is 0.828. The molecule has 0 bridgehead atoms. The largest absolute Gasteiger partial charge is 0.443 e. The molecule has 20 heavy (non-hydrogen) atoms. The Bertz CT molecular complexity index is 523. The van der Waals surface area contributed by atoms with Gasteiger partial charge in [-0.2, -0.15) is 0 Å². The number of carbonyl (C=O) groups excluding carboxylic acids is 2. The smallest absolute Gasteiger partial charge is 0.426 e. The molecule has 0 aliphatic carbocycles. The maximum Gasteiger partial charge on any atom is 0.426 e. The highest BCUT2D eigenvalue weighted by atomic mass is 16.6. The number of amides is 3. The van der Waals surface area contributed by atoms with Crippen molar-refractivity contribution in [2.75, 3.05) is 11.9 Å². The minimum Gasteiger partial charge on any atom is -0.443 e. The van der Waals surface area contributed by atoms with Crippen LogP contribution in [0.15, 0.2) is 24.3 Å². The van der Waals surface area contributed by atoms with E-state index in [1.165, 1.54) is 5.01 Å². The number of ether oxygens (including phenoxy) is 1. The third kappa shape index (κ3) is 3.63. The molecule has 0 aromatic heterocycles. The summed E-state index contributed by atoms with van der Waals surface area (Å²) < 4.78 is 5.13. The molecule has 0 atom stereocenters. The normalized spacial score (nSPS) is 14.9. The minimum atomic E-state index is -0.640. The summed E-state index contributed by atoms with van der Waals surface area (Å²) in [5.41, 5.74) is 3.66.